The maximum atomic E-state index is 7.42. The highest BCUT2D eigenvalue weighted by Gasteiger charge is 2.20. The number of piperidine rings is 1. The fourth-order valence-corrected chi connectivity index (χ4v) is 2.15. The number of nitrogen functional groups attached to an aromatic ring is 1. The lowest BCUT2D eigenvalue weighted by Crippen LogP contribution is -2.40. The van der Waals surface area contributed by atoms with Crippen LogP contribution in [0, 0.1) is 5.41 Å². The van der Waals surface area contributed by atoms with Crippen LogP contribution in [0.1, 0.15) is 25.0 Å². The van der Waals surface area contributed by atoms with Gasteiger partial charge in [-0.05, 0) is 26.4 Å². The van der Waals surface area contributed by atoms with Gasteiger partial charge in [-0.2, -0.15) is 0 Å². The molecule has 98 valence electrons. The van der Waals surface area contributed by atoms with Crippen molar-refractivity contribution in [1.82, 2.24) is 14.9 Å². The quantitative estimate of drug-likeness (QED) is 0.603. The molecule has 0 bridgehead atoms. The summed E-state index contributed by atoms with van der Waals surface area (Å²) in [6.07, 6.45) is 6.67. The molecule has 6 nitrogen and oxygen atoms in total. The number of nitrogens with two attached hydrogens (primary N) is 1. The predicted octanol–water partition coefficient (Wildman–Crippen LogP) is 0.624. The molecule has 0 spiro atoms. The van der Waals surface area contributed by atoms with Gasteiger partial charge in [0.15, 0.2) is 5.69 Å². The second kappa shape index (κ2) is 5.77. The Bertz CT molecular complexity index is 423. The summed E-state index contributed by atoms with van der Waals surface area (Å²) in [6.45, 7) is 1.67. The smallest absolute Gasteiger partial charge is 0.243 e. The van der Waals surface area contributed by atoms with Crippen LogP contribution in [0.25, 0.3) is 0 Å². The lowest BCUT2D eigenvalue weighted by Gasteiger charge is -2.32. The highest BCUT2D eigenvalue weighted by atomic mass is 16.5. The van der Waals surface area contributed by atoms with Crippen molar-refractivity contribution >= 4 is 5.84 Å². The van der Waals surface area contributed by atoms with Crippen LogP contribution in [-0.2, 0) is 0 Å². The Labute approximate surface area is 107 Å². The monoisotopic (exact) mass is 249 g/mol. The molecular formula is C12H19N5O. The van der Waals surface area contributed by atoms with Gasteiger partial charge in [0.05, 0.1) is 0 Å². The molecule has 1 fully saturated rings. The number of rotatable bonds is 4. The minimum atomic E-state index is -0.116. The Morgan fingerprint density at radius 1 is 1.50 bits per heavy atom. The maximum absolute atomic E-state index is 7.42. The first-order chi connectivity index (χ1) is 8.68. The van der Waals surface area contributed by atoms with Gasteiger partial charge < -0.3 is 15.4 Å². The summed E-state index contributed by atoms with van der Waals surface area (Å²) < 4.78 is 5.67. The summed E-state index contributed by atoms with van der Waals surface area (Å²) in [5.41, 5.74) is 5.76. The molecule has 1 aromatic heterocycles. The number of nitrogens with zero attached hydrogens (tertiary/aromatic N) is 3. The maximum Gasteiger partial charge on any atom is 0.243 e. The average molecular weight is 249 g/mol. The lowest BCUT2D eigenvalue weighted by atomic mass is 10.0. The Kier molecular flexibility index (Phi) is 4.09. The minimum absolute atomic E-state index is 0.116. The first-order valence-corrected chi connectivity index (χ1v) is 6.17. The third-order valence-corrected chi connectivity index (χ3v) is 3.25. The summed E-state index contributed by atoms with van der Waals surface area (Å²) >= 11 is 0. The van der Waals surface area contributed by atoms with Crippen LogP contribution in [0.15, 0.2) is 12.4 Å². The molecule has 1 saturated heterocycles. The SMILES string of the molecule is CN1CCCCC1COc1nccnc1C(=N)N. The Morgan fingerprint density at radius 3 is 3.00 bits per heavy atom. The Morgan fingerprint density at radius 2 is 2.28 bits per heavy atom. The topological polar surface area (TPSA) is 88.1 Å². The molecule has 0 aromatic carbocycles. The fraction of sp³-hybridized carbons (Fsp3) is 0.583. The number of aromatic nitrogens is 2. The van der Waals surface area contributed by atoms with E-state index in [-0.39, 0.29) is 5.84 Å². The summed E-state index contributed by atoms with van der Waals surface area (Å²) in [4.78, 5) is 10.4. The second-order valence-electron chi connectivity index (χ2n) is 4.56. The van der Waals surface area contributed by atoms with Gasteiger partial charge in [0, 0.05) is 18.4 Å². The van der Waals surface area contributed by atoms with Crippen LogP contribution < -0.4 is 10.5 Å². The molecule has 1 unspecified atom stereocenters. The van der Waals surface area contributed by atoms with Crippen molar-refractivity contribution in [2.45, 2.75) is 25.3 Å². The van der Waals surface area contributed by atoms with Crippen LogP contribution in [-0.4, -0.2) is 46.9 Å². The molecule has 1 aliphatic rings. The van der Waals surface area contributed by atoms with E-state index in [1.807, 2.05) is 0 Å². The number of ether oxygens (including phenoxy) is 1. The van der Waals surface area contributed by atoms with Gasteiger partial charge in [-0.1, -0.05) is 6.42 Å². The molecule has 1 aliphatic heterocycles. The van der Waals surface area contributed by atoms with Crippen molar-refractivity contribution in [1.29, 1.82) is 5.41 Å². The lowest BCUT2D eigenvalue weighted by molar-refractivity contribution is 0.122. The molecule has 2 heterocycles. The van der Waals surface area contributed by atoms with Gasteiger partial charge in [0.1, 0.15) is 12.4 Å². The largest absolute Gasteiger partial charge is 0.474 e. The van der Waals surface area contributed by atoms with E-state index in [0.29, 0.717) is 24.2 Å². The molecule has 2 rings (SSSR count). The summed E-state index contributed by atoms with van der Waals surface area (Å²) in [5.74, 6) is 0.235. The molecule has 0 saturated carbocycles. The van der Waals surface area contributed by atoms with Crippen LogP contribution >= 0.6 is 0 Å². The van der Waals surface area contributed by atoms with Crippen molar-refractivity contribution in [2.75, 3.05) is 20.2 Å². The van der Waals surface area contributed by atoms with E-state index in [2.05, 4.69) is 21.9 Å². The number of hydrogen-bond acceptors (Lipinski definition) is 5. The van der Waals surface area contributed by atoms with E-state index in [1.54, 1.807) is 6.20 Å². The second-order valence-corrected chi connectivity index (χ2v) is 4.56. The van der Waals surface area contributed by atoms with Crippen LogP contribution in [0.4, 0.5) is 0 Å². The molecule has 6 heteroatoms. The number of hydrogen-bond donors (Lipinski definition) is 2. The molecule has 1 aromatic rings. The third kappa shape index (κ3) is 2.95. The van der Waals surface area contributed by atoms with Gasteiger partial charge in [0.25, 0.3) is 0 Å². The average Bonchev–Trinajstić information content (AvgIpc) is 2.38. The Balaban J connectivity index is 1.99. The summed E-state index contributed by atoms with van der Waals surface area (Å²) in [7, 11) is 2.11. The van der Waals surface area contributed by atoms with E-state index in [1.165, 1.54) is 19.0 Å². The van der Waals surface area contributed by atoms with Gasteiger partial charge in [-0.25, -0.2) is 9.97 Å². The third-order valence-electron chi connectivity index (χ3n) is 3.25. The normalized spacial score (nSPS) is 20.6. The molecule has 1 atom stereocenters. The first-order valence-electron chi connectivity index (χ1n) is 6.17. The standard InChI is InChI=1S/C12H19N5O/c1-17-7-3-2-4-9(17)8-18-12-10(11(13)14)15-5-6-16-12/h5-6,9H,2-4,7-8H2,1H3,(H3,13,14). The summed E-state index contributed by atoms with van der Waals surface area (Å²) in [5, 5.41) is 7.42. The molecule has 3 N–H and O–H groups in total. The molecule has 0 aliphatic carbocycles. The number of amidine groups is 1. The van der Waals surface area contributed by atoms with E-state index in [0.717, 1.165) is 13.0 Å². The van der Waals surface area contributed by atoms with Gasteiger partial charge in [0.2, 0.25) is 5.88 Å². The van der Waals surface area contributed by atoms with Gasteiger partial charge >= 0.3 is 0 Å². The van der Waals surface area contributed by atoms with E-state index >= 15 is 0 Å². The van der Waals surface area contributed by atoms with Crippen molar-refractivity contribution in [3.8, 4) is 5.88 Å². The first kappa shape index (κ1) is 12.8. The van der Waals surface area contributed by atoms with Crippen molar-refractivity contribution in [3.63, 3.8) is 0 Å². The van der Waals surface area contributed by atoms with Crippen LogP contribution in [0.3, 0.4) is 0 Å². The van der Waals surface area contributed by atoms with E-state index in [4.69, 9.17) is 15.9 Å². The highest BCUT2D eigenvalue weighted by molar-refractivity contribution is 5.94. The minimum Gasteiger partial charge on any atom is -0.474 e. The predicted molar refractivity (Wildman–Crippen MR) is 68.8 cm³/mol. The van der Waals surface area contributed by atoms with Crippen molar-refractivity contribution in [3.05, 3.63) is 18.1 Å². The van der Waals surface area contributed by atoms with Crippen LogP contribution in [0.2, 0.25) is 0 Å². The zero-order valence-electron chi connectivity index (χ0n) is 10.6. The zero-order chi connectivity index (χ0) is 13.0. The Hall–Kier alpha value is -1.69. The molecule has 0 radical (unpaired) electrons. The number of likely N-dealkylation sites (N-methyl/N-ethyl adjacent to an activating group) is 1. The van der Waals surface area contributed by atoms with E-state index in [9.17, 15) is 0 Å². The molecule has 0 amide bonds. The summed E-state index contributed by atoms with van der Waals surface area (Å²) in [6, 6.07) is 0.403. The number of likely N-dealkylation sites (tertiary alicyclic amines) is 1. The molecular weight excluding hydrogens is 230 g/mol. The van der Waals surface area contributed by atoms with Crippen molar-refractivity contribution in [2.24, 2.45) is 5.73 Å². The van der Waals surface area contributed by atoms with Gasteiger partial charge in [-0.15, -0.1) is 0 Å². The van der Waals surface area contributed by atoms with Gasteiger partial charge in [-0.3, -0.25) is 5.41 Å². The number of nitrogens with one attached hydrogen (secondary N) is 1. The molecule has 18 heavy (non-hydrogen) atoms. The van der Waals surface area contributed by atoms with E-state index < -0.39 is 0 Å². The van der Waals surface area contributed by atoms with Crippen molar-refractivity contribution < 1.29 is 4.74 Å². The highest BCUT2D eigenvalue weighted by Crippen LogP contribution is 2.17. The van der Waals surface area contributed by atoms with Crippen LogP contribution in [0.5, 0.6) is 5.88 Å². The zero-order valence-corrected chi connectivity index (χ0v) is 10.6. The fourth-order valence-electron chi connectivity index (χ4n) is 2.15.